The number of halogens is 1. The maximum Gasteiger partial charge on any atom is 0.0498 e. The van der Waals surface area contributed by atoms with E-state index in [1.54, 1.807) is 6.08 Å². The van der Waals surface area contributed by atoms with Crippen molar-refractivity contribution >= 4 is 38.2 Å². The molecule has 110 valence electrons. The zero-order chi connectivity index (χ0) is 15.7. The van der Waals surface area contributed by atoms with Crippen molar-refractivity contribution in [2.75, 3.05) is 4.90 Å². The van der Waals surface area contributed by atoms with Crippen LogP contribution in [0.1, 0.15) is 0 Å². The first-order chi connectivity index (χ1) is 10.6. The van der Waals surface area contributed by atoms with E-state index in [2.05, 4.69) is 88.2 Å². The summed E-state index contributed by atoms with van der Waals surface area (Å²) in [4.78, 5) is 2.10. The summed E-state index contributed by atoms with van der Waals surface area (Å²) < 4.78 is 3.17. The highest BCUT2D eigenvalue weighted by Gasteiger charge is 2.12. The van der Waals surface area contributed by atoms with Crippen molar-refractivity contribution in [3.05, 3.63) is 84.1 Å². The van der Waals surface area contributed by atoms with Crippen molar-refractivity contribution in [3.63, 3.8) is 0 Å². The molecule has 3 aromatic rings. The first-order valence-electron chi connectivity index (χ1n) is 7.02. The van der Waals surface area contributed by atoms with Crippen LogP contribution in [0.15, 0.2) is 84.1 Å². The van der Waals surface area contributed by atoms with E-state index in [0.29, 0.717) is 0 Å². The van der Waals surface area contributed by atoms with Crippen LogP contribution in [0.2, 0.25) is 0 Å². The molecule has 3 heteroatoms. The molecular weight excluding hydrogens is 336 g/mol. The summed E-state index contributed by atoms with van der Waals surface area (Å²) in [5, 5.41) is 1.23. The summed E-state index contributed by atoms with van der Waals surface area (Å²) in [6.45, 7) is 7.99. The minimum absolute atomic E-state index is 0.843. The third-order valence-corrected chi connectivity index (χ3v) is 4.27. The first-order valence-corrected chi connectivity index (χ1v) is 7.81. The largest absolute Gasteiger partial charge is 0.350 e. The molecule has 0 aliphatic heterocycles. The van der Waals surface area contributed by atoms with Gasteiger partial charge in [0.1, 0.15) is 0 Å². The average molecular weight is 353 g/mol. The molecule has 2 aromatic carbocycles. The number of nitrogens with zero attached hydrogens (tertiary/aromatic N) is 2. The number of benzene rings is 2. The lowest BCUT2D eigenvalue weighted by atomic mass is 10.2. The smallest absolute Gasteiger partial charge is 0.0498 e. The Labute approximate surface area is 139 Å². The van der Waals surface area contributed by atoms with Crippen LogP contribution in [0.5, 0.6) is 0 Å². The highest BCUT2D eigenvalue weighted by Crippen LogP contribution is 2.32. The fourth-order valence-electron chi connectivity index (χ4n) is 2.55. The van der Waals surface area contributed by atoms with Crippen molar-refractivity contribution in [1.82, 2.24) is 4.57 Å². The minimum atomic E-state index is 0.843. The first kappa shape index (κ1) is 14.7. The third-order valence-electron chi connectivity index (χ3n) is 3.74. The van der Waals surface area contributed by atoms with Gasteiger partial charge < -0.3 is 9.47 Å². The molecule has 0 aliphatic carbocycles. The molecule has 0 saturated heterocycles. The summed E-state index contributed by atoms with van der Waals surface area (Å²) in [5.74, 6) is 0. The molecule has 2 nitrogen and oxygen atoms in total. The SMILES string of the molecule is C=CC(=C)N(c1ccc(Br)cc1)c1ccc2ccn(C)c2c1. The maximum absolute atomic E-state index is 4.13. The van der Waals surface area contributed by atoms with E-state index < -0.39 is 0 Å². The standard InChI is InChI=1S/C19H17BrN2/c1-4-14(2)22(17-9-6-16(20)7-10-17)18-8-5-15-11-12-21(3)19(15)13-18/h4-13H,1-2H2,3H3. The Hall–Kier alpha value is -2.26. The molecule has 0 N–H and O–H groups in total. The molecule has 0 bridgehead atoms. The Kier molecular flexibility index (Phi) is 3.90. The summed E-state index contributed by atoms with van der Waals surface area (Å²) >= 11 is 3.48. The molecular formula is C19H17BrN2. The zero-order valence-corrected chi connectivity index (χ0v) is 14.0. The van der Waals surface area contributed by atoms with Crippen molar-refractivity contribution in [1.29, 1.82) is 0 Å². The van der Waals surface area contributed by atoms with Gasteiger partial charge in [-0.25, -0.2) is 0 Å². The number of aromatic nitrogens is 1. The number of rotatable bonds is 4. The molecule has 0 spiro atoms. The number of allylic oxidation sites excluding steroid dienone is 1. The fraction of sp³-hybridized carbons (Fsp3) is 0.0526. The van der Waals surface area contributed by atoms with Crippen molar-refractivity contribution in [2.24, 2.45) is 7.05 Å². The van der Waals surface area contributed by atoms with Gasteiger partial charge in [0, 0.05) is 40.3 Å². The van der Waals surface area contributed by atoms with Gasteiger partial charge >= 0.3 is 0 Å². The predicted octanol–water partition coefficient (Wildman–Crippen LogP) is 5.78. The Balaban J connectivity index is 2.15. The zero-order valence-electron chi connectivity index (χ0n) is 12.5. The van der Waals surface area contributed by atoms with E-state index in [0.717, 1.165) is 21.5 Å². The van der Waals surface area contributed by atoms with Gasteiger partial charge in [-0.3, -0.25) is 0 Å². The number of anilines is 2. The second-order valence-electron chi connectivity index (χ2n) is 5.18. The Bertz CT molecular complexity index is 844. The molecule has 0 atom stereocenters. The fourth-order valence-corrected chi connectivity index (χ4v) is 2.82. The van der Waals surface area contributed by atoms with Gasteiger partial charge in [-0.15, -0.1) is 0 Å². The summed E-state index contributed by atoms with van der Waals surface area (Å²) in [7, 11) is 2.05. The summed E-state index contributed by atoms with van der Waals surface area (Å²) in [5.41, 5.74) is 4.16. The molecule has 0 radical (unpaired) electrons. The van der Waals surface area contributed by atoms with Crippen LogP contribution in [0.25, 0.3) is 10.9 Å². The Morgan fingerprint density at radius 2 is 1.77 bits per heavy atom. The van der Waals surface area contributed by atoms with Crippen molar-refractivity contribution in [2.45, 2.75) is 0 Å². The van der Waals surface area contributed by atoms with Crippen LogP contribution in [0.3, 0.4) is 0 Å². The lowest BCUT2D eigenvalue weighted by Gasteiger charge is -2.25. The van der Waals surface area contributed by atoms with Crippen molar-refractivity contribution < 1.29 is 0 Å². The molecule has 0 fully saturated rings. The second-order valence-corrected chi connectivity index (χ2v) is 6.09. The normalized spacial score (nSPS) is 10.6. The van der Waals surface area contributed by atoms with Gasteiger partial charge in [-0.1, -0.05) is 35.2 Å². The molecule has 0 amide bonds. The molecule has 3 rings (SSSR count). The molecule has 1 heterocycles. The highest BCUT2D eigenvalue weighted by molar-refractivity contribution is 9.10. The monoisotopic (exact) mass is 352 g/mol. The van der Waals surface area contributed by atoms with Gasteiger partial charge in [0.2, 0.25) is 0 Å². The van der Waals surface area contributed by atoms with E-state index in [1.807, 2.05) is 12.1 Å². The minimum Gasteiger partial charge on any atom is -0.350 e. The van der Waals surface area contributed by atoms with E-state index in [-0.39, 0.29) is 0 Å². The van der Waals surface area contributed by atoms with Crippen LogP contribution < -0.4 is 4.90 Å². The quantitative estimate of drug-likeness (QED) is 0.540. The van der Waals surface area contributed by atoms with Gasteiger partial charge in [0.25, 0.3) is 0 Å². The van der Waals surface area contributed by atoms with E-state index in [4.69, 9.17) is 0 Å². The third kappa shape index (κ3) is 2.60. The molecule has 22 heavy (non-hydrogen) atoms. The molecule has 1 aromatic heterocycles. The van der Waals surface area contributed by atoms with Gasteiger partial charge in [-0.2, -0.15) is 0 Å². The molecule has 0 unspecified atom stereocenters. The number of hydrogen-bond donors (Lipinski definition) is 0. The Morgan fingerprint density at radius 1 is 1.09 bits per heavy atom. The van der Waals surface area contributed by atoms with Gasteiger partial charge in [-0.05, 0) is 53.9 Å². The number of aryl methyl sites for hydroxylation is 1. The van der Waals surface area contributed by atoms with Gasteiger partial charge in [0.15, 0.2) is 0 Å². The Morgan fingerprint density at radius 3 is 2.45 bits per heavy atom. The second kappa shape index (κ2) is 5.85. The van der Waals surface area contributed by atoms with E-state index >= 15 is 0 Å². The molecule has 0 aliphatic rings. The van der Waals surface area contributed by atoms with Crippen LogP contribution in [-0.4, -0.2) is 4.57 Å². The van der Waals surface area contributed by atoms with Crippen LogP contribution in [0.4, 0.5) is 11.4 Å². The number of hydrogen-bond acceptors (Lipinski definition) is 1. The lowest BCUT2D eigenvalue weighted by molar-refractivity contribution is 0.969. The van der Waals surface area contributed by atoms with Crippen LogP contribution >= 0.6 is 15.9 Å². The molecule has 0 saturated carbocycles. The topological polar surface area (TPSA) is 8.17 Å². The van der Waals surface area contributed by atoms with Crippen molar-refractivity contribution in [3.8, 4) is 0 Å². The number of fused-ring (bicyclic) bond motifs is 1. The summed E-state index contributed by atoms with van der Waals surface area (Å²) in [6, 6.07) is 16.7. The highest BCUT2D eigenvalue weighted by atomic mass is 79.9. The average Bonchev–Trinajstić information content (AvgIpc) is 2.90. The van der Waals surface area contributed by atoms with Crippen LogP contribution in [-0.2, 0) is 7.05 Å². The van der Waals surface area contributed by atoms with E-state index in [9.17, 15) is 0 Å². The van der Waals surface area contributed by atoms with E-state index in [1.165, 1.54) is 10.9 Å². The summed E-state index contributed by atoms with van der Waals surface area (Å²) in [6.07, 6.45) is 3.85. The maximum atomic E-state index is 4.13. The van der Waals surface area contributed by atoms with Crippen LogP contribution in [0, 0.1) is 0 Å². The van der Waals surface area contributed by atoms with Gasteiger partial charge in [0.05, 0.1) is 0 Å². The predicted molar refractivity (Wildman–Crippen MR) is 98.5 cm³/mol. The lowest BCUT2D eigenvalue weighted by Crippen LogP contribution is -2.14.